The van der Waals surface area contributed by atoms with Gasteiger partial charge in [-0.1, -0.05) is 6.07 Å². The summed E-state index contributed by atoms with van der Waals surface area (Å²) in [5.74, 6) is 0.335. The van der Waals surface area contributed by atoms with Crippen LogP contribution in [0, 0.1) is 0 Å². The van der Waals surface area contributed by atoms with Gasteiger partial charge in [-0.15, -0.1) is 12.4 Å². The van der Waals surface area contributed by atoms with Crippen molar-refractivity contribution in [1.82, 2.24) is 10.2 Å². The highest BCUT2D eigenvalue weighted by molar-refractivity contribution is 5.85. The Hall–Kier alpha value is -1.01. The van der Waals surface area contributed by atoms with E-state index < -0.39 is 0 Å². The second-order valence-electron chi connectivity index (χ2n) is 5.73. The summed E-state index contributed by atoms with van der Waals surface area (Å²) >= 11 is 0. The first-order valence-electron chi connectivity index (χ1n) is 8.34. The summed E-state index contributed by atoms with van der Waals surface area (Å²) in [6, 6.07) is 6.03. The molecular weight excluding hydrogens is 314 g/mol. The summed E-state index contributed by atoms with van der Waals surface area (Å²) in [5, 5.41) is 23.3. The molecule has 132 valence electrons. The van der Waals surface area contributed by atoms with E-state index in [9.17, 15) is 10.2 Å². The lowest BCUT2D eigenvalue weighted by molar-refractivity contribution is 0.139. The van der Waals surface area contributed by atoms with Crippen LogP contribution in [0.4, 0.5) is 5.69 Å². The van der Waals surface area contributed by atoms with Crippen LogP contribution in [-0.4, -0.2) is 61.0 Å². The average Bonchev–Trinajstić information content (AvgIpc) is 2.55. The highest BCUT2D eigenvalue weighted by Crippen LogP contribution is 2.34. The number of halogens is 1. The highest BCUT2D eigenvalue weighted by Gasteiger charge is 2.24. The number of benzene rings is 1. The van der Waals surface area contributed by atoms with Crippen molar-refractivity contribution in [1.29, 1.82) is 0 Å². The number of nitrogens with zero attached hydrogens (tertiary/aromatic N) is 2. The zero-order chi connectivity index (χ0) is 15.9. The molecule has 1 aliphatic rings. The maximum absolute atomic E-state index is 10.5. The minimum absolute atomic E-state index is 0. The Balaban J connectivity index is 0.00000264. The molecule has 1 aromatic carbocycles. The molecule has 1 aromatic rings. The molecule has 3 N–H and O–H groups in total. The fraction of sp³-hybridized carbons (Fsp3) is 0.647. The van der Waals surface area contributed by atoms with Crippen molar-refractivity contribution in [2.24, 2.45) is 0 Å². The van der Waals surface area contributed by atoms with E-state index in [0.29, 0.717) is 12.2 Å². The molecular formula is C17H30ClN3O2. The van der Waals surface area contributed by atoms with Crippen LogP contribution in [0.15, 0.2) is 18.2 Å². The first-order valence-corrected chi connectivity index (χ1v) is 8.34. The van der Waals surface area contributed by atoms with Gasteiger partial charge in [0, 0.05) is 69.2 Å². The Bertz CT molecular complexity index is 463. The average molecular weight is 344 g/mol. The molecule has 1 heterocycles. The molecule has 0 aromatic heterocycles. The number of hydrogen-bond acceptors (Lipinski definition) is 5. The van der Waals surface area contributed by atoms with Crippen LogP contribution >= 0.6 is 12.4 Å². The van der Waals surface area contributed by atoms with E-state index in [-0.39, 0.29) is 25.1 Å². The molecule has 6 heteroatoms. The maximum Gasteiger partial charge on any atom is 0.122 e. The number of hydrogen-bond donors (Lipinski definition) is 3. The Labute approximate surface area is 145 Å². The molecule has 1 atom stereocenters. The maximum atomic E-state index is 10.5. The summed E-state index contributed by atoms with van der Waals surface area (Å²) in [6.45, 7) is 10.0. The Morgan fingerprint density at radius 3 is 2.39 bits per heavy atom. The predicted octanol–water partition coefficient (Wildman–Crippen LogP) is 1.99. The van der Waals surface area contributed by atoms with Gasteiger partial charge in [-0.05, 0) is 26.3 Å². The van der Waals surface area contributed by atoms with E-state index in [1.54, 1.807) is 0 Å². The lowest BCUT2D eigenvalue weighted by Gasteiger charge is -2.35. The fourth-order valence-electron chi connectivity index (χ4n) is 3.25. The van der Waals surface area contributed by atoms with Gasteiger partial charge in [0.25, 0.3) is 0 Å². The van der Waals surface area contributed by atoms with Crippen LogP contribution in [0.5, 0.6) is 5.75 Å². The Kier molecular flexibility index (Phi) is 8.69. The first kappa shape index (κ1) is 20.0. The Morgan fingerprint density at radius 2 is 1.87 bits per heavy atom. The van der Waals surface area contributed by atoms with Crippen LogP contribution in [0.25, 0.3) is 0 Å². The zero-order valence-corrected chi connectivity index (χ0v) is 15.0. The lowest BCUT2D eigenvalue weighted by atomic mass is 9.99. The third-order valence-corrected chi connectivity index (χ3v) is 4.50. The summed E-state index contributed by atoms with van der Waals surface area (Å²) in [4.78, 5) is 4.56. The summed E-state index contributed by atoms with van der Waals surface area (Å²) in [5.41, 5.74) is 1.97. The summed E-state index contributed by atoms with van der Waals surface area (Å²) in [7, 11) is 0. The molecule has 1 saturated heterocycles. The Morgan fingerprint density at radius 1 is 1.22 bits per heavy atom. The minimum Gasteiger partial charge on any atom is -0.508 e. The molecule has 0 aliphatic carbocycles. The molecule has 0 unspecified atom stereocenters. The number of aliphatic hydroxyl groups is 1. The smallest absolute Gasteiger partial charge is 0.122 e. The molecule has 0 bridgehead atoms. The molecule has 1 aliphatic heterocycles. The normalized spacial score (nSPS) is 16.7. The quantitative estimate of drug-likeness (QED) is 0.707. The van der Waals surface area contributed by atoms with Crippen LogP contribution in [0.2, 0.25) is 0 Å². The number of phenols is 1. The van der Waals surface area contributed by atoms with Crippen molar-refractivity contribution < 1.29 is 10.2 Å². The fourth-order valence-corrected chi connectivity index (χ4v) is 3.25. The van der Waals surface area contributed by atoms with Gasteiger partial charge >= 0.3 is 0 Å². The van der Waals surface area contributed by atoms with E-state index in [0.717, 1.165) is 50.5 Å². The predicted molar refractivity (Wildman–Crippen MR) is 97.8 cm³/mol. The summed E-state index contributed by atoms with van der Waals surface area (Å²) < 4.78 is 0. The molecule has 23 heavy (non-hydrogen) atoms. The number of aromatic hydroxyl groups is 1. The van der Waals surface area contributed by atoms with Crippen molar-refractivity contribution in [3.63, 3.8) is 0 Å². The van der Waals surface area contributed by atoms with Gasteiger partial charge in [-0.3, -0.25) is 4.90 Å². The van der Waals surface area contributed by atoms with E-state index in [1.165, 1.54) is 0 Å². The van der Waals surface area contributed by atoms with Crippen molar-refractivity contribution >= 4 is 18.1 Å². The topological polar surface area (TPSA) is 59.0 Å². The van der Waals surface area contributed by atoms with Crippen LogP contribution in [0.3, 0.4) is 0 Å². The second kappa shape index (κ2) is 9.98. The molecule has 0 amide bonds. The number of anilines is 1. The van der Waals surface area contributed by atoms with Gasteiger partial charge in [0.15, 0.2) is 0 Å². The van der Waals surface area contributed by atoms with E-state index in [4.69, 9.17) is 0 Å². The number of aliphatic hydroxyl groups excluding tert-OH is 1. The largest absolute Gasteiger partial charge is 0.508 e. The number of rotatable bonds is 7. The van der Waals surface area contributed by atoms with Crippen molar-refractivity contribution in [2.75, 3.05) is 50.8 Å². The lowest BCUT2D eigenvalue weighted by Crippen LogP contribution is -2.45. The van der Waals surface area contributed by atoms with Crippen molar-refractivity contribution in [3.8, 4) is 5.75 Å². The zero-order valence-electron chi connectivity index (χ0n) is 14.2. The molecule has 0 saturated carbocycles. The molecule has 0 spiro atoms. The molecule has 5 nitrogen and oxygen atoms in total. The van der Waals surface area contributed by atoms with Crippen LogP contribution in [-0.2, 0) is 0 Å². The summed E-state index contributed by atoms with van der Waals surface area (Å²) in [6.07, 6.45) is 0.651. The van der Waals surface area contributed by atoms with E-state index in [1.807, 2.05) is 12.1 Å². The number of phenolic OH excluding ortho intramolecular Hbond substituents is 1. The van der Waals surface area contributed by atoms with Gasteiger partial charge in [0.05, 0.1) is 0 Å². The van der Waals surface area contributed by atoms with Crippen molar-refractivity contribution in [3.05, 3.63) is 23.8 Å². The monoisotopic (exact) mass is 343 g/mol. The third-order valence-electron chi connectivity index (χ3n) is 4.50. The minimum atomic E-state index is 0. The van der Waals surface area contributed by atoms with E-state index >= 15 is 0 Å². The number of nitrogens with one attached hydrogen (secondary N) is 1. The van der Waals surface area contributed by atoms with Crippen molar-refractivity contribution in [2.45, 2.75) is 26.3 Å². The first-order chi connectivity index (χ1) is 10.7. The SMILES string of the molecule is CCN(CC)c1ccc([C@H](CCO)N2CCNCC2)c(O)c1.Cl. The van der Waals surface area contributed by atoms with E-state index in [2.05, 4.69) is 35.0 Å². The van der Waals surface area contributed by atoms with Crippen LogP contribution < -0.4 is 10.2 Å². The highest BCUT2D eigenvalue weighted by atomic mass is 35.5. The van der Waals surface area contributed by atoms with Crippen LogP contribution in [0.1, 0.15) is 31.9 Å². The molecule has 1 fully saturated rings. The van der Waals surface area contributed by atoms with Gasteiger partial charge < -0.3 is 20.4 Å². The third kappa shape index (κ3) is 4.98. The standard InChI is InChI=1S/C17H29N3O2.ClH/c1-3-19(4-2)14-5-6-15(17(22)13-14)16(7-12-21)20-10-8-18-9-11-20;/h5-6,13,16,18,21-22H,3-4,7-12H2,1-2H3;1H/t16-;/m0./s1. The molecule has 0 radical (unpaired) electrons. The number of piperazine rings is 1. The van der Waals surface area contributed by atoms with Gasteiger partial charge in [0.1, 0.15) is 5.75 Å². The van der Waals surface area contributed by atoms with Gasteiger partial charge in [0.2, 0.25) is 0 Å². The molecule has 2 rings (SSSR count). The van der Waals surface area contributed by atoms with Gasteiger partial charge in [-0.2, -0.15) is 0 Å². The van der Waals surface area contributed by atoms with Gasteiger partial charge in [-0.25, -0.2) is 0 Å². The second-order valence-corrected chi connectivity index (χ2v) is 5.73.